The number of fused-ring (bicyclic) bond motifs is 3. The standard InChI is InChI=1S/C40H27BrN4/c41-34-23-32(35-20-19-30-18-17-29-12-7-21-42-38(29)39(30)43-35)22-33(24-34)37-25-36(44-40(45-37)31-10-5-2-6-11-31)28-15-13-27(14-16-28)26-8-3-1-4-9-26/h1-25,40,44H. The van der Waals surface area contributed by atoms with Gasteiger partial charge in [-0.2, -0.15) is 0 Å². The first-order valence-electron chi connectivity index (χ1n) is 14.9. The van der Waals surface area contributed by atoms with Crippen LogP contribution in [0.1, 0.15) is 22.9 Å². The Hall–Kier alpha value is -5.39. The fourth-order valence-electron chi connectivity index (χ4n) is 5.89. The van der Waals surface area contributed by atoms with Crippen LogP contribution in [0.25, 0.3) is 49.9 Å². The Kier molecular flexibility index (Phi) is 7.01. The lowest BCUT2D eigenvalue weighted by Gasteiger charge is -2.25. The zero-order valence-corrected chi connectivity index (χ0v) is 25.8. The summed E-state index contributed by atoms with van der Waals surface area (Å²) in [6.45, 7) is 0. The van der Waals surface area contributed by atoms with Gasteiger partial charge in [-0.25, -0.2) is 4.98 Å². The molecular weight excluding hydrogens is 616 g/mol. The first kappa shape index (κ1) is 27.2. The summed E-state index contributed by atoms with van der Waals surface area (Å²) in [4.78, 5) is 15.0. The maximum Gasteiger partial charge on any atom is 0.145 e. The molecule has 0 bridgehead atoms. The lowest BCUT2D eigenvalue weighted by atomic mass is 9.98. The third-order valence-corrected chi connectivity index (χ3v) is 8.64. The van der Waals surface area contributed by atoms with E-state index in [1.807, 2.05) is 24.4 Å². The minimum atomic E-state index is -0.228. The maximum absolute atomic E-state index is 5.21. The zero-order chi connectivity index (χ0) is 30.2. The van der Waals surface area contributed by atoms with Crippen LogP contribution in [0.3, 0.4) is 0 Å². The van der Waals surface area contributed by atoms with Crippen molar-refractivity contribution < 1.29 is 0 Å². The van der Waals surface area contributed by atoms with Crippen LogP contribution < -0.4 is 5.32 Å². The molecule has 0 fully saturated rings. The highest BCUT2D eigenvalue weighted by Crippen LogP contribution is 2.32. The molecule has 0 saturated carbocycles. The molecule has 2 aromatic heterocycles. The zero-order valence-electron chi connectivity index (χ0n) is 24.2. The molecule has 0 spiro atoms. The van der Waals surface area contributed by atoms with Gasteiger partial charge in [0.2, 0.25) is 0 Å². The van der Waals surface area contributed by atoms with E-state index >= 15 is 0 Å². The number of halogens is 1. The van der Waals surface area contributed by atoms with Crippen molar-refractivity contribution in [1.82, 2.24) is 15.3 Å². The van der Waals surface area contributed by atoms with Gasteiger partial charge in [0.05, 0.1) is 22.4 Å². The van der Waals surface area contributed by atoms with E-state index in [0.717, 1.165) is 65.6 Å². The van der Waals surface area contributed by atoms with Crippen LogP contribution in [0.2, 0.25) is 0 Å². The summed E-state index contributed by atoms with van der Waals surface area (Å²) in [6, 6.07) is 48.4. The van der Waals surface area contributed by atoms with E-state index < -0.39 is 0 Å². The monoisotopic (exact) mass is 642 g/mol. The molecule has 1 unspecified atom stereocenters. The maximum atomic E-state index is 5.21. The molecule has 8 rings (SSSR count). The van der Waals surface area contributed by atoms with Crippen LogP contribution in [0, 0.1) is 0 Å². The lowest BCUT2D eigenvalue weighted by Crippen LogP contribution is -2.24. The van der Waals surface area contributed by atoms with Gasteiger partial charge in [0.15, 0.2) is 0 Å². The smallest absolute Gasteiger partial charge is 0.145 e. The molecule has 0 aliphatic carbocycles. The average molecular weight is 644 g/mol. The van der Waals surface area contributed by atoms with Gasteiger partial charge < -0.3 is 5.32 Å². The van der Waals surface area contributed by atoms with Gasteiger partial charge in [-0.05, 0) is 58.7 Å². The number of aliphatic imine (C=N–C) groups is 1. The number of nitrogens with zero attached hydrogens (tertiary/aromatic N) is 3. The Morgan fingerprint density at radius 3 is 2.02 bits per heavy atom. The highest BCUT2D eigenvalue weighted by Gasteiger charge is 2.20. The van der Waals surface area contributed by atoms with E-state index in [4.69, 9.17) is 9.98 Å². The first-order chi connectivity index (χ1) is 22.2. The molecule has 5 heteroatoms. The molecule has 0 radical (unpaired) electrons. The third-order valence-electron chi connectivity index (χ3n) is 8.18. The number of nitrogens with one attached hydrogen (secondary N) is 1. The van der Waals surface area contributed by atoms with Crippen molar-refractivity contribution in [1.29, 1.82) is 0 Å². The molecule has 7 aromatic rings. The van der Waals surface area contributed by atoms with Gasteiger partial charge in [0.1, 0.15) is 6.17 Å². The predicted molar refractivity (Wildman–Crippen MR) is 189 cm³/mol. The van der Waals surface area contributed by atoms with E-state index in [1.54, 1.807) is 0 Å². The van der Waals surface area contributed by atoms with Crippen LogP contribution in [0.4, 0.5) is 0 Å². The summed E-state index contributed by atoms with van der Waals surface area (Å²) in [5.74, 6) is 0. The van der Waals surface area contributed by atoms with Crippen molar-refractivity contribution in [2.75, 3.05) is 0 Å². The molecule has 4 nitrogen and oxygen atoms in total. The van der Waals surface area contributed by atoms with Crippen molar-refractivity contribution in [2.24, 2.45) is 4.99 Å². The third kappa shape index (κ3) is 5.43. The number of rotatable bonds is 5. The molecule has 214 valence electrons. The summed E-state index contributed by atoms with van der Waals surface area (Å²) in [6.07, 6.45) is 3.74. The molecule has 1 aliphatic rings. The van der Waals surface area contributed by atoms with Crippen molar-refractivity contribution >= 4 is 49.1 Å². The number of aromatic nitrogens is 2. The Balaban J connectivity index is 1.21. The molecular formula is C40H27BrN4. The highest BCUT2D eigenvalue weighted by atomic mass is 79.9. The minimum absolute atomic E-state index is 0.228. The van der Waals surface area contributed by atoms with Crippen LogP contribution in [0.15, 0.2) is 161 Å². The van der Waals surface area contributed by atoms with Gasteiger partial charge >= 0.3 is 0 Å². The van der Waals surface area contributed by atoms with Crippen LogP contribution in [0.5, 0.6) is 0 Å². The molecule has 1 aliphatic heterocycles. The predicted octanol–water partition coefficient (Wildman–Crippen LogP) is 10.0. The number of benzene rings is 5. The Morgan fingerprint density at radius 2 is 1.22 bits per heavy atom. The number of allylic oxidation sites excluding steroid dienone is 1. The van der Waals surface area contributed by atoms with Crippen molar-refractivity contribution in [3.05, 3.63) is 173 Å². The van der Waals surface area contributed by atoms with E-state index in [-0.39, 0.29) is 6.17 Å². The normalized spacial score (nSPS) is 14.6. The van der Waals surface area contributed by atoms with Gasteiger partial charge in [-0.3, -0.25) is 9.98 Å². The second-order valence-electron chi connectivity index (χ2n) is 11.1. The van der Waals surface area contributed by atoms with Gasteiger partial charge in [0.25, 0.3) is 0 Å². The number of hydrogen-bond acceptors (Lipinski definition) is 4. The molecule has 1 atom stereocenters. The van der Waals surface area contributed by atoms with Crippen LogP contribution >= 0.6 is 15.9 Å². The molecule has 0 saturated heterocycles. The average Bonchev–Trinajstić information content (AvgIpc) is 3.11. The second kappa shape index (κ2) is 11.6. The molecule has 1 N–H and O–H groups in total. The first-order valence-corrected chi connectivity index (χ1v) is 15.7. The molecule has 0 amide bonds. The Morgan fingerprint density at radius 1 is 0.556 bits per heavy atom. The van der Waals surface area contributed by atoms with Crippen molar-refractivity contribution in [3.63, 3.8) is 0 Å². The van der Waals surface area contributed by atoms with Crippen LogP contribution in [-0.4, -0.2) is 15.7 Å². The van der Waals surface area contributed by atoms with Crippen LogP contribution in [-0.2, 0) is 0 Å². The summed E-state index contributed by atoms with van der Waals surface area (Å²) in [5, 5.41) is 5.83. The Bertz CT molecular complexity index is 2240. The van der Waals surface area contributed by atoms with Gasteiger partial charge in [-0.1, -0.05) is 125 Å². The summed E-state index contributed by atoms with van der Waals surface area (Å²) < 4.78 is 0.965. The molecule has 5 aromatic carbocycles. The molecule has 45 heavy (non-hydrogen) atoms. The van der Waals surface area contributed by atoms with Crippen molar-refractivity contribution in [2.45, 2.75) is 6.17 Å². The largest absolute Gasteiger partial charge is 0.360 e. The van der Waals surface area contributed by atoms with E-state index in [2.05, 4.69) is 154 Å². The quantitative estimate of drug-likeness (QED) is 0.190. The summed E-state index contributed by atoms with van der Waals surface area (Å²) >= 11 is 3.79. The topological polar surface area (TPSA) is 50.2 Å². The fourth-order valence-corrected chi connectivity index (χ4v) is 6.39. The number of pyridine rings is 2. The number of hydrogen-bond donors (Lipinski definition) is 1. The fraction of sp³-hybridized carbons (Fsp3) is 0.0250. The van der Waals surface area contributed by atoms with Gasteiger partial charge in [0, 0.05) is 38.3 Å². The van der Waals surface area contributed by atoms with E-state index in [9.17, 15) is 0 Å². The van der Waals surface area contributed by atoms with E-state index in [0.29, 0.717) is 0 Å². The summed E-state index contributed by atoms with van der Waals surface area (Å²) in [5.41, 5.74) is 11.2. The molecule has 3 heterocycles. The van der Waals surface area contributed by atoms with Gasteiger partial charge in [-0.15, -0.1) is 0 Å². The Labute approximate surface area is 270 Å². The minimum Gasteiger partial charge on any atom is -0.360 e. The highest BCUT2D eigenvalue weighted by molar-refractivity contribution is 9.10. The summed E-state index contributed by atoms with van der Waals surface area (Å²) in [7, 11) is 0. The SMILES string of the molecule is Brc1cc(C2=NC(c3ccccc3)NC(c3ccc(-c4ccccc4)cc3)=C2)cc(-c2ccc3ccc4cccnc4c3n2)c1. The lowest BCUT2D eigenvalue weighted by molar-refractivity contribution is 0.664. The van der Waals surface area contributed by atoms with E-state index in [1.165, 1.54) is 11.1 Å². The van der Waals surface area contributed by atoms with Crippen molar-refractivity contribution in [3.8, 4) is 22.4 Å². The second-order valence-corrected chi connectivity index (χ2v) is 12.0.